The van der Waals surface area contributed by atoms with Crippen molar-refractivity contribution in [2.75, 3.05) is 0 Å². The summed E-state index contributed by atoms with van der Waals surface area (Å²) in [7, 11) is 0. The van der Waals surface area contributed by atoms with Gasteiger partial charge in [0.25, 0.3) is 0 Å². The van der Waals surface area contributed by atoms with Crippen molar-refractivity contribution in [3.8, 4) is 17.3 Å². The Morgan fingerprint density at radius 1 is 0.923 bits per heavy atom. The van der Waals surface area contributed by atoms with Gasteiger partial charge in [0.1, 0.15) is 0 Å². The minimum Gasteiger partial charge on any atom is -0.387 e. The Morgan fingerprint density at radius 3 is 2.23 bits per heavy atom. The average Bonchev–Trinajstić information content (AvgIpc) is 2.95. The summed E-state index contributed by atoms with van der Waals surface area (Å²) in [5.74, 6) is -2.16. The number of halogens is 6. The maximum atomic E-state index is 12.8. The third kappa shape index (κ3) is 3.46. The summed E-state index contributed by atoms with van der Waals surface area (Å²) in [6.45, 7) is 0. The third-order valence-corrected chi connectivity index (χ3v) is 3.27. The van der Waals surface area contributed by atoms with Crippen LogP contribution in [0.4, 0.5) is 26.3 Å². The van der Waals surface area contributed by atoms with Crippen molar-refractivity contribution in [1.82, 2.24) is 14.8 Å². The summed E-state index contributed by atoms with van der Waals surface area (Å²) in [5, 5.41) is 3.64. The quantitative estimate of drug-likeness (QED) is 0.637. The van der Waals surface area contributed by atoms with Crippen LogP contribution in [0.25, 0.3) is 17.3 Å². The lowest BCUT2D eigenvalue weighted by Gasteiger charge is -2.07. The van der Waals surface area contributed by atoms with Gasteiger partial charge in [-0.15, -0.1) is 9.78 Å². The number of pyridine rings is 1. The first-order chi connectivity index (χ1) is 12.1. The van der Waals surface area contributed by atoms with Crippen LogP contribution in [0, 0.1) is 0 Å². The first-order valence-electron chi connectivity index (χ1n) is 6.87. The average molecular weight is 375 g/mol. The summed E-state index contributed by atoms with van der Waals surface area (Å²) < 4.78 is 81.7. The number of rotatable bonds is 2. The van der Waals surface area contributed by atoms with E-state index in [-0.39, 0.29) is 5.56 Å². The van der Waals surface area contributed by atoms with Crippen LogP contribution >= 0.6 is 0 Å². The van der Waals surface area contributed by atoms with Crippen LogP contribution in [-0.2, 0) is 12.4 Å². The molecule has 0 atom stereocenters. The fourth-order valence-electron chi connectivity index (χ4n) is 2.08. The lowest BCUT2D eigenvalue weighted by molar-refractivity contribution is -0.138. The smallest absolute Gasteiger partial charge is 0.387 e. The molecule has 11 heteroatoms. The highest BCUT2D eigenvalue weighted by Crippen LogP contribution is 2.32. The third-order valence-electron chi connectivity index (χ3n) is 3.27. The van der Waals surface area contributed by atoms with Crippen molar-refractivity contribution >= 4 is 0 Å². The Labute approximate surface area is 140 Å². The number of benzene rings is 1. The van der Waals surface area contributed by atoms with E-state index in [0.717, 1.165) is 18.3 Å². The van der Waals surface area contributed by atoms with Crippen LogP contribution in [0.15, 0.2) is 51.8 Å². The zero-order valence-electron chi connectivity index (χ0n) is 12.5. The van der Waals surface area contributed by atoms with E-state index in [2.05, 4.69) is 10.1 Å². The molecule has 0 fully saturated rings. The zero-order valence-corrected chi connectivity index (χ0v) is 12.5. The molecule has 0 amide bonds. The molecule has 1 aromatic carbocycles. The Kier molecular flexibility index (Phi) is 4.09. The SMILES string of the molecule is O=c1oc(-c2cccc(C(F)(F)F)c2)nn1-c1cc(C(F)(F)F)ccn1. The molecule has 0 spiro atoms. The van der Waals surface area contributed by atoms with Crippen LogP contribution in [-0.4, -0.2) is 14.8 Å². The van der Waals surface area contributed by atoms with Gasteiger partial charge < -0.3 is 4.42 Å². The molecule has 0 saturated carbocycles. The Hall–Kier alpha value is -3.11. The van der Waals surface area contributed by atoms with Gasteiger partial charge in [-0.05, 0) is 30.3 Å². The molecular weight excluding hydrogens is 368 g/mol. The number of hydrogen-bond donors (Lipinski definition) is 0. The minimum atomic E-state index is -4.67. The summed E-state index contributed by atoms with van der Waals surface area (Å²) in [4.78, 5) is 15.5. The van der Waals surface area contributed by atoms with Gasteiger partial charge in [-0.1, -0.05) is 6.07 Å². The largest absolute Gasteiger partial charge is 0.443 e. The molecule has 2 heterocycles. The van der Waals surface area contributed by atoms with E-state index in [4.69, 9.17) is 4.42 Å². The fraction of sp³-hybridized carbons (Fsp3) is 0.133. The Bertz CT molecular complexity index is 1000. The molecule has 26 heavy (non-hydrogen) atoms. The van der Waals surface area contributed by atoms with Crippen molar-refractivity contribution in [2.45, 2.75) is 12.4 Å². The first-order valence-corrected chi connectivity index (χ1v) is 6.87. The highest BCUT2D eigenvalue weighted by molar-refractivity contribution is 5.54. The maximum Gasteiger partial charge on any atom is 0.443 e. The van der Waals surface area contributed by atoms with Gasteiger partial charge in [-0.3, -0.25) is 0 Å². The van der Waals surface area contributed by atoms with E-state index in [1.54, 1.807) is 0 Å². The second-order valence-corrected chi connectivity index (χ2v) is 5.06. The highest BCUT2D eigenvalue weighted by atomic mass is 19.4. The van der Waals surface area contributed by atoms with Gasteiger partial charge in [0.2, 0.25) is 5.89 Å². The molecule has 3 aromatic rings. The lowest BCUT2D eigenvalue weighted by atomic mass is 10.1. The van der Waals surface area contributed by atoms with Crippen molar-refractivity contribution < 1.29 is 30.8 Å². The summed E-state index contributed by atoms with van der Waals surface area (Å²) in [6.07, 6.45) is -8.47. The molecule has 0 aliphatic heterocycles. The van der Waals surface area contributed by atoms with Crippen LogP contribution in [0.5, 0.6) is 0 Å². The van der Waals surface area contributed by atoms with E-state index in [9.17, 15) is 31.1 Å². The molecule has 136 valence electrons. The van der Waals surface area contributed by atoms with E-state index in [1.807, 2.05) is 0 Å². The van der Waals surface area contributed by atoms with E-state index < -0.39 is 40.9 Å². The first kappa shape index (κ1) is 17.7. The molecule has 0 unspecified atom stereocenters. The van der Waals surface area contributed by atoms with Crippen molar-refractivity contribution in [1.29, 1.82) is 0 Å². The molecule has 0 bridgehead atoms. The molecular formula is C15H7F6N3O2. The normalized spacial score (nSPS) is 12.4. The number of aromatic nitrogens is 3. The predicted octanol–water partition coefficient (Wildman–Crippen LogP) is 3.93. The summed E-state index contributed by atoms with van der Waals surface area (Å²) >= 11 is 0. The van der Waals surface area contributed by atoms with Crippen molar-refractivity contribution in [3.63, 3.8) is 0 Å². The Morgan fingerprint density at radius 2 is 1.58 bits per heavy atom. The van der Waals surface area contributed by atoms with Gasteiger partial charge in [0, 0.05) is 11.8 Å². The molecule has 2 aromatic heterocycles. The molecule has 0 radical (unpaired) electrons. The van der Waals surface area contributed by atoms with Crippen molar-refractivity contribution in [3.05, 3.63) is 64.3 Å². The molecule has 0 N–H and O–H groups in total. The zero-order chi connectivity index (χ0) is 19.1. The van der Waals surface area contributed by atoms with E-state index in [1.165, 1.54) is 6.07 Å². The Balaban J connectivity index is 2.05. The lowest BCUT2D eigenvalue weighted by Crippen LogP contribution is -2.16. The second-order valence-electron chi connectivity index (χ2n) is 5.06. The van der Waals surface area contributed by atoms with Crippen molar-refractivity contribution in [2.24, 2.45) is 0 Å². The molecule has 0 aliphatic carbocycles. The highest BCUT2D eigenvalue weighted by Gasteiger charge is 2.32. The molecule has 5 nitrogen and oxygen atoms in total. The summed E-state index contributed by atoms with van der Waals surface area (Å²) in [5.41, 5.74) is -2.23. The number of nitrogens with zero attached hydrogens (tertiary/aromatic N) is 3. The molecule has 3 rings (SSSR count). The second kappa shape index (κ2) is 6.00. The van der Waals surface area contributed by atoms with E-state index in [0.29, 0.717) is 22.9 Å². The fourth-order valence-corrected chi connectivity index (χ4v) is 2.08. The maximum absolute atomic E-state index is 12.8. The van der Waals surface area contributed by atoms with Gasteiger partial charge >= 0.3 is 18.1 Å². The summed E-state index contributed by atoms with van der Waals surface area (Å²) in [6, 6.07) is 5.08. The minimum absolute atomic E-state index is 0.164. The van der Waals surface area contributed by atoms with Gasteiger partial charge in [-0.2, -0.15) is 26.3 Å². The molecule has 0 saturated heterocycles. The molecule has 0 aliphatic rings. The van der Waals surface area contributed by atoms with E-state index >= 15 is 0 Å². The van der Waals surface area contributed by atoms with Gasteiger partial charge in [-0.25, -0.2) is 9.78 Å². The number of hydrogen-bond acceptors (Lipinski definition) is 4. The van der Waals surface area contributed by atoms with Gasteiger partial charge in [0.05, 0.1) is 11.1 Å². The predicted molar refractivity (Wildman–Crippen MR) is 75.3 cm³/mol. The van der Waals surface area contributed by atoms with Crippen LogP contribution in [0.3, 0.4) is 0 Å². The van der Waals surface area contributed by atoms with Gasteiger partial charge in [0.15, 0.2) is 5.82 Å². The van der Waals surface area contributed by atoms with Crippen LogP contribution in [0.2, 0.25) is 0 Å². The van der Waals surface area contributed by atoms with Crippen LogP contribution < -0.4 is 5.76 Å². The topological polar surface area (TPSA) is 60.9 Å². The standard InChI is InChI=1S/C15H7F6N3O2/c16-14(17,18)9-3-1-2-8(6-9)12-23-24(13(25)26-12)11-7-10(4-5-22-11)15(19,20)21/h1-7H. The monoisotopic (exact) mass is 375 g/mol. The van der Waals surface area contributed by atoms with Crippen LogP contribution in [0.1, 0.15) is 11.1 Å². The number of alkyl halides is 6.